The van der Waals surface area contributed by atoms with Crippen LogP contribution < -0.4 is 20.4 Å². The fourth-order valence-electron chi connectivity index (χ4n) is 2.34. The largest absolute Gasteiger partial charge is 0.338 e. The number of nitrogens with one attached hydrogen (secondary N) is 3. The number of anilines is 1. The van der Waals surface area contributed by atoms with E-state index in [2.05, 4.69) is 10.6 Å². The molecule has 1 aromatic rings. The number of carbonyl (C=O) groups is 2. The molecule has 0 aliphatic carbocycles. The molecule has 3 N–H and O–H groups in total. The van der Waals surface area contributed by atoms with E-state index in [9.17, 15) is 9.59 Å². The van der Waals surface area contributed by atoms with E-state index in [0.29, 0.717) is 24.5 Å². The Kier molecular flexibility index (Phi) is 5.63. The molecule has 1 atom stereocenters. The highest BCUT2D eigenvalue weighted by Crippen LogP contribution is 2.23. The molecule has 1 aliphatic heterocycles. The molecule has 3 amide bonds. The predicted octanol–water partition coefficient (Wildman–Crippen LogP) is -0.111. The van der Waals surface area contributed by atoms with Crippen molar-refractivity contribution in [2.45, 2.75) is 12.5 Å². The van der Waals surface area contributed by atoms with Gasteiger partial charge in [-0.15, -0.1) is 0 Å². The van der Waals surface area contributed by atoms with Gasteiger partial charge in [-0.25, -0.2) is 4.79 Å². The molecule has 1 fully saturated rings. The Hall–Kier alpha value is -1.79. The van der Waals surface area contributed by atoms with Crippen LogP contribution in [-0.4, -0.2) is 51.7 Å². The van der Waals surface area contributed by atoms with Crippen molar-refractivity contribution in [3.05, 3.63) is 29.3 Å². The molecule has 1 aromatic carbocycles. The van der Waals surface area contributed by atoms with E-state index in [0.717, 1.165) is 12.2 Å². The third-order valence-electron chi connectivity index (χ3n) is 3.51. The molecule has 0 saturated carbocycles. The minimum Gasteiger partial charge on any atom is -0.338 e. The summed E-state index contributed by atoms with van der Waals surface area (Å²) in [6.07, 6.45) is 0.314. The molecule has 0 unspecified atom stereocenters. The lowest BCUT2D eigenvalue weighted by Gasteiger charge is -2.17. The number of amides is 3. The number of likely N-dealkylation sites (N-methyl/N-ethyl adjacent to an activating group) is 1. The number of benzene rings is 1. The molecule has 0 spiro atoms. The Bertz CT molecular complexity index is 533. The third-order valence-corrected chi connectivity index (χ3v) is 3.76. The molecule has 0 bridgehead atoms. The standard InChI is InChI=1S/C15H21ClN4O2/c1-19(2)8-7-17-15(22)18-12-9-14(21)20(10-12)13-5-3-11(16)4-6-13/h3-6,12H,7-10H2,1-2H3,(H2,17,18,22)/p+1/t12-/m1/s1. The number of quaternary nitrogens is 1. The van der Waals surface area contributed by atoms with Crippen molar-refractivity contribution >= 4 is 29.2 Å². The second-order valence-electron chi connectivity index (χ2n) is 5.74. The van der Waals surface area contributed by atoms with Crippen LogP contribution in [0.4, 0.5) is 10.5 Å². The summed E-state index contributed by atoms with van der Waals surface area (Å²) in [4.78, 5) is 26.8. The number of carbonyl (C=O) groups excluding carboxylic acids is 2. The zero-order valence-electron chi connectivity index (χ0n) is 12.9. The number of hydrogen-bond acceptors (Lipinski definition) is 2. The van der Waals surface area contributed by atoms with Crippen LogP contribution in [0.2, 0.25) is 5.02 Å². The third kappa shape index (κ3) is 4.61. The molecular formula is C15H22ClN4O2+. The van der Waals surface area contributed by atoms with Crippen LogP contribution in [0.5, 0.6) is 0 Å². The van der Waals surface area contributed by atoms with E-state index in [1.807, 2.05) is 26.2 Å². The first-order valence-corrected chi connectivity index (χ1v) is 7.73. The Morgan fingerprint density at radius 1 is 1.36 bits per heavy atom. The van der Waals surface area contributed by atoms with Gasteiger partial charge in [0.05, 0.1) is 33.2 Å². The van der Waals surface area contributed by atoms with E-state index in [4.69, 9.17) is 11.6 Å². The highest BCUT2D eigenvalue weighted by molar-refractivity contribution is 6.30. The highest BCUT2D eigenvalue weighted by atomic mass is 35.5. The minimum absolute atomic E-state index is 0.00496. The molecule has 0 aromatic heterocycles. The quantitative estimate of drug-likeness (QED) is 0.707. The maximum atomic E-state index is 12.1. The van der Waals surface area contributed by atoms with Crippen molar-refractivity contribution in [1.82, 2.24) is 10.6 Å². The second-order valence-corrected chi connectivity index (χ2v) is 6.18. The van der Waals surface area contributed by atoms with Crippen LogP contribution in [0.15, 0.2) is 24.3 Å². The molecule has 2 rings (SSSR count). The molecular weight excluding hydrogens is 304 g/mol. The van der Waals surface area contributed by atoms with Gasteiger partial charge in [-0.1, -0.05) is 11.6 Å². The summed E-state index contributed by atoms with van der Waals surface area (Å²) >= 11 is 5.85. The molecule has 6 nitrogen and oxygen atoms in total. The van der Waals surface area contributed by atoms with Gasteiger partial charge in [0, 0.05) is 23.7 Å². The van der Waals surface area contributed by atoms with Gasteiger partial charge in [0.25, 0.3) is 0 Å². The summed E-state index contributed by atoms with van der Waals surface area (Å²) in [5.74, 6) is 0.00496. The fourth-order valence-corrected chi connectivity index (χ4v) is 2.46. The smallest absolute Gasteiger partial charge is 0.315 e. The van der Waals surface area contributed by atoms with Crippen LogP contribution in [-0.2, 0) is 4.79 Å². The molecule has 1 heterocycles. The highest BCUT2D eigenvalue weighted by Gasteiger charge is 2.31. The Labute approximate surface area is 135 Å². The Morgan fingerprint density at radius 3 is 2.68 bits per heavy atom. The zero-order chi connectivity index (χ0) is 16.1. The van der Waals surface area contributed by atoms with Crippen LogP contribution in [0.3, 0.4) is 0 Å². The summed E-state index contributed by atoms with van der Waals surface area (Å²) in [5.41, 5.74) is 0.801. The lowest BCUT2D eigenvalue weighted by molar-refractivity contribution is -0.856. The molecule has 1 saturated heterocycles. The van der Waals surface area contributed by atoms with Crippen LogP contribution in [0.25, 0.3) is 0 Å². The van der Waals surface area contributed by atoms with Gasteiger partial charge in [-0.2, -0.15) is 0 Å². The summed E-state index contributed by atoms with van der Waals surface area (Å²) in [6, 6.07) is 6.72. The fraction of sp³-hybridized carbons (Fsp3) is 0.467. The number of halogens is 1. The molecule has 1 aliphatic rings. The summed E-state index contributed by atoms with van der Waals surface area (Å²) in [7, 11) is 4.05. The van der Waals surface area contributed by atoms with Gasteiger partial charge in [0.1, 0.15) is 0 Å². The maximum Gasteiger partial charge on any atom is 0.315 e. The summed E-state index contributed by atoms with van der Waals surface area (Å²) < 4.78 is 0. The Morgan fingerprint density at radius 2 is 2.05 bits per heavy atom. The van der Waals surface area contributed by atoms with Gasteiger partial charge in [-0.3, -0.25) is 4.79 Å². The van der Waals surface area contributed by atoms with E-state index in [1.165, 1.54) is 4.90 Å². The number of nitrogens with zero attached hydrogens (tertiary/aromatic N) is 1. The topological polar surface area (TPSA) is 65.9 Å². The van der Waals surface area contributed by atoms with Crippen LogP contribution in [0.1, 0.15) is 6.42 Å². The first-order valence-electron chi connectivity index (χ1n) is 7.35. The van der Waals surface area contributed by atoms with Gasteiger partial charge >= 0.3 is 6.03 Å². The molecule has 0 radical (unpaired) electrons. The normalized spacial score (nSPS) is 17.9. The summed E-state index contributed by atoms with van der Waals surface area (Å²) in [5, 5.41) is 6.28. The van der Waals surface area contributed by atoms with Crippen molar-refractivity contribution < 1.29 is 14.5 Å². The number of hydrogen-bond donors (Lipinski definition) is 3. The minimum atomic E-state index is -0.225. The van der Waals surface area contributed by atoms with Crippen molar-refractivity contribution in [3.63, 3.8) is 0 Å². The van der Waals surface area contributed by atoms with Crippen molar-refractivity contribution in [2.24, 2.45) is 0 Å². The van der Waals surface area contributed by atoms with Crippen molar-refractivity contribution in [1.29, 1.82) is 0 Å². The number of urea groups is 1. The zero-order valence-corrected chi connectivity index (χ0v) is 13.6. The molecule has 22 heavy (non-hydrogen) atoms. The first kappa shape index (κ1) is 16.6. The number of rotatable bonds is 5. The van der Waals surface area contributed by atoms with E-state index in [-0.39, 0.29) is 18.0 Å². The lowest BCUT2D eigenvalue weighted by atomic mass is 10.2. The monoisotopic (exact) mass is 325 g/mol. The van der Waals surface area contributed by atoms with Crippen LogP contribution >= 0.6 is 11.6 Å². The van der Waals surface area contributed by atoms with Gasteiger partial charge in [-0.05, 0) is 24.3 Å². The lowest BCUT2D eigenvalue weighted by Crippen LogP contribution is -3.06. The SMILES string of the molecule is C[NH+](C)CCNC(=O)N[C@@H]1CC(=O)N(c2ccc(Cl)cc2)C1. The second kappa shape index (κ2) is 7.47. The van der Waals surface area contributed by atoms with E-state index < -0.39 is 0 Å². The summed E-state index contributed by atoms with van der Waals surface area (Å²) in [6.45, 7) is 1.94. The predicted molar refractivity (Wildman–Crippen MR) is 86.4 cm³/mol. The average Bonchev–Trinajstić information content (AvgIpc) is 2.80. The van der Waals surface area contributed by atoms with Gasteiger partial charge in [0.15, 0.2) is 0 Å². The average molecular weight is 326 g/mol. The first-order chi connectivity index (χ1) is 10.5. The van der Waals surface area contributed by atoms with Crippen molar-refractivity contribution in [2.75, 3.05) is 38.6 Å². The molecule has 7 heteroatoms. The van der Waals surface area contributed by atoms with Gasteiger partial charge in [0.2, 0.25) is 5.91 Å². The Balaban J connectivity index is 1.84. The molecule has 120 valence electrons. The van der Waals surface area contributed by atoms with Crippen molar-refractivity contribution in [3.8, 4) is 0 Å². The maximum absolute atomic E-state index is 12.1. The van der Waals surface area contributed by atoms with E-state index in [1.54, 1.807) is 17.0 Å². The van der Waals surface area contributed by atoms with Gasteiger partial charge < -0.3 is 20.4 Å². The van der Waals surface area contributed by atoms with Crippen LogP contribution in [0, 0.1) is 0 Å². The van der Waals surface area contributed by atoms with E-state index >= 15 is 0 Å².